The van der Waals surface area contributed by atoms with Crippen molar-refractivity contribution < 1.29 is 0 Å². The van der Waals surface area contributed by atoms with E-state index in [9.17, 15) is 0 Å². The molecule has 0 saturated heterocycles. The Morgan fingerprint density at radius 2 is 1.39 bits per heavy atom. The summed E-state index contributed by atoms with van der Waals surface area (Å²) in [5.41, 5.74) is 1.10. The first kappa shape index (κ1) is 18.0. The van der Waals surface area contributed by atoms with Crippen molar-refractivity contribution >= 4 is 0 Å². The summed E-state index contributed by atoms with van der Waals surface area (Å²) in [6.45, 7) is 16.9. The molecule has 0 aliphatic rings. The molecule has 0 N–H and O–H groups in total. The van der Waals surface area contributed by atoms with Crippen LogP contribution < -0.4 is 0 Å². The van der Waals surface area contributed by atoms with E-state index in [0.29, 0.717) is 10.8 Å². The zero-order chi connectivity index (χ0) is 14.2. The summed E-state index contributed by atoms with van der Waals surface area (Å²) >= 11 is 0. The molecule has 0 aliphatic heterocycles. The molecule has 0 rings (SSSR count). The fraction of sp³-hybridized carbons (Fsp3) is 1.00. The smallest absolute Gasteiger partial charge is 0.0269 e. The molecule has 0 aromatic heterocycles. The van der Waals surface area contributed by atoms with Gasteiger partial charge in [0.2, 0.25) is 0 Å². The fourth-order valence-electron chi connectivity index (χ4n) is 4.23. The van der Waals surface area contributed by atoms with Crippen LogP contribution in [0.3, 0.4) is 0 Å². The maximum absolute atomic E-state index is 2.48. The van der Waals surface area contributed by atoms with E-state index in [-0.39, 0.29) is 0 Å². The highest BCUT2D eigenvalue weighted by atomic mass is 14.4. The van der Waals surface area contributed by atoms with Gasteiger partial charge >= 0.3 is 0 Å². The first-order chi connectivity index (χ1) is 8.41. The van der Waals surface area contributed by atoms with Crippen LogP contribution in [0.2, 0.25) is 0 Å². The Kier molecular flexibility index (Phi) is 8.23. The molecule has 0 saturated carbocycles. The molecule has 0 heteroatoms. The zero-order valence-electron chi connectivity index (χ0n) is 14.2. The second kappa shape index (κ2) is 8.23. The maximum atomic E-state index is 2.48. The first-order valence-corrected chi connectivity index (χ1v) is 8.41. The molecule has 1 atom stereocenters. The van der Waals surface area contributed by atoms with Crippen LogP contribution in [-0.2, 0) is 0 Å². The second-order valence-electron chi connectivity index (χ2n) is 7.05. The first-order valence-electron chi connectivity index (χ1n) is 8.41. The van der Waals surface area contributed by atoms with E-state index in [0.717, 1.165) is 5.92 Å². The van der Waals surface area contributed by atoms with Crippen LogP contribution in [0, 0.1) is 16.7 Å². The molecule has 0 radical (unpaired) electrons. The van der Waals surface area contributed by atoms with Crippen molar-refractivity contribution in [1.29, 1.82) is 0 Å². The van der Waals surface area contributed by atoms with E-state index in [1.807, 2.05) is 0 Å². The topological polar surface area (TPSA) is 0 Å². The molecule has 1 unspecified atom stereocenters. The van der Waals surface area contributed by atoms with Gasteiger partial charge in [0.1, 0.15) is 0 Å². The Morgan fingerprint density at radius 1 is 0.833 bits per heavy atom. The minimum absolute atomic E-state index is 0.516. The van der Waals surface area contributed by atoms with Crippen molar-refractivity contribution in [3.8, 4) is 0 Å². The van der Waals surface area contributed by atoms with Crippen LogP contribution in [-0.4, -0.2) is 0 Å². The predicted molar refractivity (Wildman–Crippen MR) is 85.0 cm³/mol. The summed E-state index contributed by atoms with van der Waals surface area (Å²) in [5.74, 6) is 0.925. The largest absolute Gasteiger partial charge is 0.0654 e. The molecule has 0 spiro atoms. The van der Waals surface area contributed by atoms with Gasteiger partial charge in [-0.05, 0) is 29.6 Å². The third-order valence-corrected chi connectivity index (χ3v) is 5.16. The summed E-state index contributed by atoms with van der Waals surface area (Å²) < 4.78 is 0. The predicted octanol–water partition coefficient (Wildman–Crippen LogP) is 6.84. The van der Waals surface area contributed by atoms with Gasteiger partial charge in [0.25, 0.3) is 0 Å². The molecule has 0 bridgehead atoms. The van der Waals surface area contributed by atoms with Gasteiger partial charge in [-0.3, -0.25) is 0 Å². The molecular formula is C18H38. The molecule has 0 amide bonds. The van der Waals surface area contributed by atoms with Crippen LogP contribution in [0.5, 0.6) is 0 Å². The van der Waals surface area contributed by atoms with Gasteiger partial charge in [0, 0.05) is 0 Å². The lowest BCUT2D eigenvalue weighted by molar-refractivity contribution is 0.0572. The fourth-order valence-corrected chi connectivity index (χ4v) is 4.23. The van der Waals surface area contributed by atoms with Crippen LogP contribution in [0.4, 0.5) is 0 Å². The monoisotopic (exact) mass is 254 g/mol. The third kappa shape index (κ3) is 4.94. The van der Waals surface area contributed by atoms with Crippen molar-refractivity contribution in [3.05, 3.63) is 0 Å². The van der Waals surface area contributed by atoms with Crippen LogP contribution >= 0.6 is 0 Å². The quantitative estimate of drug-likeness (QED) is 0.400. The zero-order valence-corrected chi connectivity index (χ0v) is 14.2. The average molecular weight is 255 g/mol. The maximum Gasteiger partial charge on any atom is -0.0269 e. The molecule has 0 aliphatic carbocycles. The van der Waals surface area contributed by atoms with E-state index in [1.165, 1.54) is 51.4 Å². The van der Waals surface area contributed by atoms with E-state index in [1.54, 1.807) is 0 Å². The van der Waals surface area contributed by atoms with Gasteiger partial charge < -0.3 is 0 Å². The van der Waals surface area contributed by atoms with Crippen molar-refractivity contribution in [2.45, 2.75) is 99.8 Å². The summed E-state index contributed by atoms with van der Waals surface area (Å²) in [7, 11) is 0. The van der Waals surface area contributed by atoms with Crippen molar-refractivity contribution in [1.82, 2.24) is 0 Å². The average Bonchev–Trinajstić information content (AvgIpc) is 2.33. The standard InChI is InChI=1S/C18H38/c1-8-13-16(10-3)18(11-4,12-5)15-17(6,7)14-9-2/h16H,8-15H2,1-7H3. The number of rotatable bonds is 10. The van der Waals surface area contributed by atoms with Gasteiger partial charge in [-0.15, -0.1) is 0 Å². The Labute approximate surface area is 117 Å². The summed E-state index contributed by atoms with van der Waals surface area (Å²) in [5, 5.41) is 0. The molecule has 18 heavy (non-hydrogen) atoms. The minimum atomic E-state index is 0.516. The molecule has 0 nitrogen and oxygen atoms in total. The molecule has 0 fully saturated rings. The van der Waals surface area contributed by atoms with Gasteiger partial charge in [-0.1, -0.05) is 87.0 Å². The van der Waals surface area contributed by atoms with Gasteiger partial charge in [0.15, 0.2) is 0 Å². The van der Waals surface area contributed by atoms with E-state index in [2.05, 4.69) is 48.5 Å². The van der Waals surface area contributed by atoms with Crippen LogP contribution in [0.1, 0.15) is 99.8 Å². The highest BCUT2D eigenvalue weighted by Crippen LogP contribution is 2.49. The highest BCUT2D eigenvalue weighted by molar-refractivity contribution is 4.88. The SMILES string of the molecule is CCCC(CC)C(CC)(CC)CC(C)(C)CCC. The second-order valence-corrected chi connectivity index (χ2v) is 7.05. The van der Waals surface area contributed by atoms with E-state index in [4.69, 9.17) is 0 Å². The minimum Gasteiger partial charge on any atom is -0.0654 e. The van der Waals surface area contributed by atoms with E-state index < -0.39 is 0 Å². The Hall–Kier alpha value is 0. The van der Waals surface area contributed by atoms with Crippen molar-refractivity contribution in [3.63, 3.8) is 0 Å². The summed E-state index contributed by atoms with van der Waals surface area (Å²) in [6, 6.07) is 0. The van der Waals surface area contributed by atoms with Gasteiger partial charge in [0.05, 0.1) is 0 Å². The number of hydrogen-bond donors (Lipinski definition) is 0. The van der Waals surface area contributed by atoms with Gasteiger partial charge in [-0.2, -0.15) is 0 Å². The third-order valence-electron chi connectivity index (χ3n) is 5.16. The summed E-state index contributed by atoms with van der Waals surface area (Å²) in [6.07, 6.45) is 10.9. The molecule has 0 aromatic rings. The lowest BCUT2D eigenvalue weighted by Gasteiger charge is -2.45. The Balaban J connectivity index is 4.99. The Morgan fingerprint density at radius 3 is 1.72 bits per heavy atom. The van der Waals surface area contributed by atoms with Crippen LogP contribution in [0.15, 0.2) is 0 Å². The van der Waals surface area contributed by atoms with Crippen LogP contribution in [0.25, 0.3) is 0 Å². The molecule has 110 valence electrons. The highest BCUT2D eigenvalue weighted by Gasteiger charge is 2.38. The van der Waals surface area contributed by atoms with Crippen molar-refractivity contribution in [2.75, 3.05) is 0 Å². The normalized spacial score (nSPS) is 14.8. The van der Waals surface area contributed by atoms with E-state index >= 15 is 0 Å². The molecule has 0 heterocycles. The lowest BCUT2D eigenvalue weighted by atomic mass is 9.60. The number of hydrogen-bond acceptors (Lipinski definition) is 0. The Bertz CT molecular complexity index is 198. The lowest BCUT2D eigenvalue weighted by Crippen LogP contribution is -2.34. The molecule has 0 aromatic carbocycles. The summed E-state index contributed by atoms with van der Waals surface area (Å²) in [4.78, 5) is 0. The van der Waals surface area contributed by atoms with Gasteiger partial charge in [-0.25, -0.2) is 0 Å². The van der Waals surface area contributed by atoms with Crippen molar-refractivity contribution in [2.24, 2.45) is 16.7 Å². The molecular weight excluding hydrogens is 216 g/mol.